The Balaban J connectivity index is 2.31. The van der Waals surface area contributed by atoms with Crippen LogP contribution >= 0.6 is 33.9 Å². The Morgan fingerprint density at radius 1 is 1.37 bits per heavy atom. The smallest absolute Gasteiger partial charge is 0.307 e. The number of amides is 1. The minimum absolute atomic E-state index is 0.123. The summed E-state index contributed by atoms with van der Waals surface area (Å²) in [6, 6.07) is 5.80. The van der Waals surface area contributed by atoms with Gasteiger partial charge in [-0.05, 0) is 60.2 Å². The van der Waals surface area contributed by atoms with Gasteiger partial charge < -0.3 is 9.88 Å². The molecule has 1 heterocycles. The summed E-state index contributed by atoms with van der Waals surface area (Å²) in [5.41, 5.74) is 2.46. The first-order valence-corrected chi connectivity index (χ1v) is 7.53. The van der Waals surface area contributed by atoms with Crippen molar-refractivity contribution in [3.8, 4) is 0 Å². The van der Waals surface area contributed by atoms with Crippen LogP contribution in [0, 0.1) is 17.4 Å². The molecule has 0 saturated heterocycles. The highest BCUT2D eigenvalue weighted by molar-refractivity contribution is 14.1. The number of aromatic nitrogens is 1. The second kappa shape index (κ2) is 5.46. The monoisotopic (exact) mass is 388 g/mol. The van der Waals surface area contributed by atoms with Gasteiger partial charge in [-0.15, -0.1) is 0 Å². The summed E-state index contributed by atoms with van der Waals surface area (Å²) in [4.78, 5) is 24.1. The molecule has 19 heavy (non-hydrogen) atoms. The van der Waals surface area contributed by atoms with Crippen LogP contribution in [0.4, 0.5) is 5.69 Å². The molecule has 2 aromatic rings. The van der Waals surface area contributed by atoms with E-state index in [1.807, 2.05) is 25.1 Å². The van der Waals surface area contributed by atoms with Crippen LogP contribution in [0.3, 0.4) is 0 Å². The minimum atomic E-state index is -0.232. The van der Waals surface area contributed by atoms with E-state index in [4.69, 9.17) is 0 Å². The van der Waals surface area contributed by atoms with E-state index < -0.39 is 0 Å². The number of hydrogen-bond acceptors (Lipinski definition) is 3. The van der Waals surface area contributed by atoms with Crippen LogP contribution in [-0.2, 0) is 7.05 Å². The van der Waals surface area contributed by atoms with Gasteiger partial charge in [-0.2, -0.15) is 0 Å². The van der Waals surface area contributed by atoms with Crippen LogP contribution in [0.1, 0.15) is 20.9 Å². The number of nitrogens with zero attached hydrogens (tertiary/aromatic N) is 1. The van der Waals surface area contributed by atoms with Crippen molar-refractivity contribution >= 4 is 45.5 Å². The minimum Gasteiger partial charge on any atom is -0.321 e. The van der Waals surface area contributed by atoms with Gasteiger partial charge in [0.25, 0.3) is 5.91 Å². The van der Waals surface area contributed by atoms with Crippen LogP contribution in [0.5, 0.6) is 0 Å². The number of benzene rings is 1. The van der Waals surface area contributed by atoms with Crippen molar-refractivity contribution in [3.63, 3.8) is 0 Å². The summed E-state index contributed by atoms with van der Waals surface area (Å²) in [7, 11) is 1.67. The molecule has 100 valence electrons. The Bertz CT molecular complexity index is 703. The Hall–Kier alpha value is -1.15. The molecule has 1 N–H and O–H groups in total. The number of carbonyl (C=O) groups excluding carboxylic acids is 1. The molecule has 0 fully saturated rings. The third kappa shape index (κ3) is 2.89. The molecule has 0 spiro atoms. The zero-order valence-corrected chi connectivity index (χ0v) is 13.8. The Morgan fingerprint density at radius 2 is 2.05 bits per heavy atom. The normalized spacial score (nSPS) is 10.5. The fourth-order valence-corrected chi connectivity index (χ4v) is 3.20. The summed E-state index contributed by atoms with van der Waals surface area (Å²) < 4.78 is 2.61. The number of rotatable bonds is 2. The number of aryl methyl sites for hydroxylation is 1. The highest BCUT2D eigenvalue weighted by atomic mass is 127. The predicted octanol–water partition coefficient (Wildman–Crippen LogP) is 2.92. The quantitative estimate of drug-likeness (QED) is 0.805. The number of nitrogens with one attached hydrogen (secondary N) is 1. The largest absolute Gasteiger partial charge is 0.321 e. The zero-order chi connectivity index (χ0) is 14.2. The zero-order valence-electron chi connectivity index (χ0n) is 10.8. The summed E-state index contributed by atoms with van der Waals surface area (Å²) in [5, 5.41) is 2.85. The summed E-state index contributed by atoms with van der Waals surface area (Å²) in [5.74, 6) is -0.232. The molecule has 0 radical (unpaired) electrons. The number of anilines is 1. The van der Waals surface area contributed by atoms with Gasteiger partial charge >= 0.3 is 4.87 Å². The second-order valence-electron chi connectivity index (χ2n) is 4.25. The summed E-state index contributed by atoms with van der Waals surface area (Å²) in [6.07, 6.45) is 0. The Morgan fingerprint density at radius 3 is 2.58 bits per heavy atom. The molecule has 0 saturated carbocycles. The lowest BCUT2D eigenvalue weighted by atomic mass is 10.2. The molecule has 4 nitrogen and oxygen atoms in total. The molecule has 0 aliphatic carbocycles. The molecular formula is C13H13IN2O2S. The first-order valence-electron chi connectivity index (χ1n) is 5.64. The third-order valence-corrected chi connectivity index (χ3v) is 4.74. The average Bonchev–Trinajstić information content (AvgIpc) is 2.60. The van der Waals surface area contributed by atoms with E-state index in [9.17, 15) is 9.59 Å². The van der Waals surface area contributed by atoms with Crippen molar-refractivity contribution in [1.29, 1.82) is 0 Å². The van der Waals surface area contributed by atoms with Gasteiger partial charge in [0.05, 0.1) is 0 Å². The molecule has 0 bridgehead atoms. The van der Waals surface area contributed by atoms with E-state index in [2.05, 4.69) is 27.9 Å². The predicted molar refractivity (Wildman–Crippen MR) is 86.1 cm³/mol. The first-order chi connectivity index (χ1) is 8.90. The van der Waals surface area contributed by atoms with Crippen LogP contribution in [0.15, 0.2) is 23.0 Å². The lowest BCUT2D eigenvalue weighted by Crippen LogP contribution is -2.13. The van der Waals surface area contributed by atoms with E-state index in [0.29, 0.717) is 10.6 Å². The van der Waals surface area contributed by atoms with Crippen LogP contribution in [-0.4, -0.2) is 10.5 Å². The van der Waals surface area contributed by atoms with E-state index in [1.165, 1.54) is 4.57 Å². The van der Waals surface area contributed by atoms with E-state index >= 15 is 0 Å². The fourth-order valence-electron chi connectivity index (χ4n) is 1.68. The number of carbonyl (C=O) groups is 1. The van der Waals surface area contributed by atoms with Crippen molar-refractivity contribution in [2.24, 2.45) is 7.05 Å². The van der Waals surface area contributed by atoms with Gasteiger partial charge in [-0.1, -0.05) is 11.3 Å². The maximum Gasteiger partial charge on any atom is 0.307 e. The highest BCUT2D eigenvalue weighted by Gasteiger charge is 2.16. The van der Waals surface area contributed by atoms with Crippen LogP contribution in [0.25, 0.3) is 0 Å². The molecule has 1 aromatic carbocycles. The third-order valence-electron chi connectivity index (χ3n) is 2.94. The van der Waals surface area contributed by atoms with Gasteiger partial charge in [0, 0.05) is 22.0 Å². The van der Waals surface area contributed by atoms with E-state index in [0.717, 1.165) is 26.2 Å². The molecule has 0 aliphatic rings. The summed E-state index contributed by atoms with van der Waals surface area (Å²) in [6.45, 7) is 3.71. The molecule has 0 atom stereocenters. The van der Waals surface area contributed by atoms with E-state index in [1.54, 1.807) is 14.0 Å². The van der Waals surface area contributed by atoms with Gasteiger partial charge in [-0.3, -0.25) is 9.59 Å². The number of halogens is 1. The van der Waals surface area contributed by atoms with E-state index in [-0.39, 0.29) is 10.8 Å². The van der Waals surface area contributed by atoms with Crippen molar-refractivity contribution in [3.05, 3.63) is 47.6 Å². The molecule has 1 aromatic heterocycles. The fraction of sp³-hybridized carbons (Fsp3) is 0.231. The van der Waals surface area contributed by atoms with Gasteiger partial charge in [0.2, 0.25) is 0 Å². The average molecular weight is 388 g/mol. The van der Waals surface area contributed by atoms with Gasteiger partial charge in [0.15, 0.2) is 0 Å². The second-order valence-corrected chi connectivity index (χ2v) is 6.46. The summed E-state index contributed by atoms with van der Waals surface area (Å²) >= 11 is 3.20. The first kappa shape index (κ1) is 14.3. The van der Waals surface area contributed by atoms with Gasteiger partial charge in [0.1, 0.15) is 4.88 Å². The van der Waals surface area contributed by atoms with Crippen molar-refractivity contribution < 1.29 is 4.79 Å². The van der Waals surface area contributed by atoms with Crippen LogP contribution in [0.2, 0.25) is 0 Å². The SMILES string of the molecule is Cc1cc(I)ccc1NC(=O)c1sc(=O)n(C)c1C. The number of hydrogen-bond donors (Lipinski definition) is 1. The molecule has 1 amide bonds. The molecule has 2 rings (SSSR count). The Labute approximate surface area is 128 Å². The van der Waals surface area contributed by atoms with Crippen molar-refractivity contribution in [2.45, 2.75) is 13.8 Å². The maximum atomic E-state index is 12.2. The van der Waals surface area contributed by atoms with Crippen LogP contribution < -0.4 is 10.2 Å². The highest BCUT2D eigenvalue weighted by Crippen LogP contribution is 2.20. The lowest BCUT2D eigenvalue weighted by molar-refractivity contribution is 0.102. The lowest BCUT2D eigenvalue weighted by Gasteiger charge is -2.08. The van der Waals surface area contributed by atoms with Crippen molar-refractivity contribution in [2.75, 3.05) is 5.32 Å². The Kier molecular flexibility index (Phi) is 4.10. The van der Waals surface area contributed by atoms with Gasteiger partial charge in [-0.25, -0.2) is 0 Å². The molecule has 0 unspecified atom stereocenters. The maximum absolute atomic E-state index is 12.2. The molecular weight excluding hydrogens is 375 g/mol. The molecule has 6 heteroatoms. The molecule has 0 aliphatic heterocycles. The standard InChI is InChI=1S/C13H13IN2O2S/c1-7-6-9(14)4-5-10(7)15-12(17)11-8(2)16(3)13(18)19-11/h4-6H,1-3H3,(H,15,17). The topological polar surface area (TPSA) is 51.1 Å². The number of thiazole rings is 1. The van der Waals surface area contributed by atoms with Crippen molar-refractivity contribution in [1.82, 2.24) is 4.57 Å².